The lowest BCUT2D eigenvalue weighted by atomic mass is 9.99. The van der Waals surface area contributed by atoms with Crippen molar-refractivity contribution in [2.45, 2.75) is 37.9 Å². The molecule has 8 nitrogen and oxygen atoms in total. The number of halogens is 2. The second-order valence-electron chi connectivity index (χ2n) is 11.1. The first-order valence-corrected chi connectivity index (χ1v) is 16.5. The number of nitrogens with zero attached hydrogens (tertiary/aromatic N) is 1. The summed E-state index contributed by atoms with van der Waals surface area (Å²) in [7, 11) is -3.33. The van der Waals surface area contributed by atoms with Gasteiger partial charge in [-0.15, -0.1) is 12.4 Å². The second kappa shape index (κ2) is 15.9. The highest BCUT2D eigenvalue weighted by atomic mass is 35.5. The number of hydrogen-bond acceptors (Lipinski definition) is 6. The van der Waals surface area contributed by atoms with Crippen LogP contribution in [0.4, 0.5) is 15.8 Å². The number of likely N-dealkylation sites (tertiary alicyclic amines) is 1. The van der Waals surface area contributed by atoms with Crippen LogP contribution in [0.2, 0.25) is 0 Å². The van der Waals surface area contributed by atoms with Crippen molar-refractivity contribution in [3.8, 4) is 11.5 Å². The monoisotopic (exact) mass is 652 g/mol. The van der Waals surface area contributed by atoms with E-state index in [1.165, 1.54) is 17.7 Å². The van der Waals surface area contributed by atoms with E-state index >= 15 is 0 Å². The molecule has 4 aromatic rings. The summed E-state index contributed by atoms with van der Waals surface area (Å²) in [5.74, 6) is 0.838. The van der Waals surface area contributed by atoms with Gasteiger partial charge in [0, 0.05) is 24.0 Å². The molecule has 0 saturated carbocycles. The van der Waals surface area contributed by atoms with Gasteiger partial charge in [-0.2, -0.15) is 0 Å². The van der Waals surface area contributed by atoms with E-state index in [1.54, 1.807) is 36.4 Å². The number of anilines is 2. The largest absolute Gasteiger partial charge is 0.457 e. The number of hydrogen-bond donors (Lipinski definition) is 3. The van der Waals surface area contributed by atoms with Crippen molar-refractivity contribution in [1.82, 2.24) is 10.2 Å². The molecule has 0 aliphatic carbocycles. The van der Waals surface area contributed by atoms with E-state index in [0.29, 0.717) is 29.3 Å². The normalized spacial score (nSPS) is 14.6. The highest BCUT2D eigenvalue weighted by Gasteiger charge is 2.26. The molecule has 45 heavy (non-hydrogen) atoms. The topological polar surface area (TPSA) is 99.8 Å². The Morgan fingerprint density at radius 1 is 0.844 bits per heavy atom. The average molecular weight is 653 g/mol. The molecule has 3 N–H and O–H groups in total. The summed E-state index contributed by atoms with van der Waals surface area (Å²) in [4.78, 5) is 15.7. The Balaban J connectivity index is 0.00000461. The lowest BCUT2D eigenvalue weighted by Gasteiger charge is -2.34. The Bertz CT molecular complexity index is 1620. The van der Waals surface area contributed by atoms with Crippen LogP contribution in [0.25, 0.3) is 0 Å². The van der Waals surface area contributed by atoms with Crippen molar-refractivity contribution in [1.29, 1.82) is 0 Å². The van der Waals surface area contributed by atoms with E-state index in [-0.39, 0.29) is 30.2 Å². The van der Waals surface area contributed by atoms with Crippen LogP contribution in [0, 0.1) is 5.82 Å². The number of ether oxygens (including phenoxy) is 1. The second-order valence-corrected chi connectivity index (χ2v) is 12.8. The van der Waals surface area contributed by atoms with Crippen LogP contribution in [0.5, 0.6) is 11.5 Å². The molecule has 1 atom stereocenters. The van der Waals surface area contributed by atoms with Gasteiger partial charge in [-0.1, -0.05) is 42.5 Å². The Hall–Kier alpha value is -3.96. The average Bonchev–Trinajstić information content (AvgIpc) is 3.01. The number of amides is 1. The molecule has 0 spiro atoms. The fraction of sp³-hybridized carbons (Fsp3) is 0.265. The van der Waals surface area contributed by atoms with E-state index in [4.69, 9.17) is 4.74 Å². The van der Waals surface area contributed by atoms with Crippen molar-refractivity contribution >= 4 is 39.7 Å². The van der Waals surface area contributed by atoms with Gasteiger partial charge in [0.1, 0.15) is 17.3 Å². The van der Waals surface area contributed by atoms with Gasteiger partial charge < -0.3 is 15.4 Å². The number of carbonyl (C=O) groups excluding carboxylic acids is 1. The molecule has 1 aliphatic rings. The van der Waals surface area contributed by atoms with E-state index in [1.807, 2.05) is 42.5 Å². The number of piperidine rings is 1. The Labute approximate surface area is 270 Å². The Morgan fingerprint density at radius 2 is 1.42 bits per heavy atom. The Kier molecular flexibility index (Phi) is 12.0. The van der Waals surface area contributed by atoms with E-state index in [2.05, 4.69) is 32.4 Å². The predicted octanol–water partition coefficient (Wildman–Crippen LogP) is 6.22. The molecule has 1 amide bonds. The van der Waals surface area contributed by atoms with Crippen LogP contribution in [0.1, 0.15) is 24.0 Å². The van der Waals surface area contributed by atoms with Gasteiger partial charge >= 0.3 is 0 Å². The minimum absolute atomic E-state index is 0. The van der Waals surface area contributed by atoms with Gasteiger partial charge in [0.05, 0.1) is 12.3 Å². The molecular formula is C34H38ClFN4O4S. The molecule has 1 aliphatic heterocycles. The van der Waals surface area contributed by atoms with Crippen LogP contribution in [0.3, 0.4) is 0 Å². The third-order valence-corrected chi connectivity index (χ3v) is 8.06. The first-order valence-electron chi connectivity index (χ1n) is 14.6. The molecule has 1 saturated heterocycles. The summed E-state index contributed by atoms with van der Waals surface area (Å²) in [6.45, 7) is 2.63. The van der Waals surface area contributed by atoms with Crippen LogP contribution in [-0.2, 0) is 27.8 Å². The zero-order valence-electron chi connectivity index (χ0n) is 25.0. The number of nitrogens with one attached hydrogen (secondary N) is 3. The van der Waals surface area contributed by atoms with Gasteiger partial charge in [0.2, 0.25) is 15.9 Å². The van der Waals surface area contributed by atoms with Gasteiger partial charge in [0.15, 0.2) is 0 Å². The van der Waals surface area contributed by atoms with Gasteiger partial charge in [-0.25, -0.2) is 12.8 Å². The molecule has 0 radical (unpaired) electrons. The maximum absolute atomic E-state index is 13.3. The number of carbonyl (C=O) groups is 1. The standard InChI is InChI=1S/C34H37FN4O4S.ClH/c1-44(41,42)38-30-13-17-32(18-14-30)43-31-15-7-26(8-16-31)24-39-21-19-29(20-22-39)36-33(23-25-5-3-2-4-6-25)34(40)37-28-11-9-27(35)10-12-28;/h2-18,29,33,36,38H,19-24H2,1H3,(H,37,40);1H. The van der Waals surface area contributed by atoms with Crippen LogP contribution in [-0.4, -0.2) is 50.7 Å². The number of rotatable bonds is 12. The molecule has 5 rings (SSSR count). The van der Waals surface area contributed by atoms with Crippen molar-refractivity contribution in [3.63, 3.8) is 0 Å². The molecule has 1 heterocycles. The van der Waals surface area contributed by atoms with Crippen molar-refractivity contribution in [3.05, 3.63) is 120 Å². The molecule has 0 aromatic heterocycles. The first kappa shape index (κ1) is 33.9. The van der Waals surface area contributed by atoms with E-state index in [0.717, 1.165) is 44.3 Å². The summed E-state index contributed by atoms with van der Waals surface area (Å²) >= 11 is 0. The number of sulfonamides is 1. The molecule has 4 aromatic carbocycles. The number of benzene rings is 4. The van der Waals surface area contributed by atoms with Crippen LogP contribution >= 0.6 is 12.4 Å². The molecular weight excluding hydrogens is 615 g/mol. The quantitative estimate of drug-likeness (QED) is 0.168. The van der Waals surface area contributed by atoms with E-state index < -0.39 is 16.1 Å². The van der Waals surface area contributed by atoms with Gasteiger partial charge in [0.25, 0.3) is 0 Å². The highest BCUT2D eigenvalue weighted by molar-refractivity contribution is 7.92. The lowest BCUT2D eigenvalue weighted by Crippen LogP contribution is -2.51. The molecule has 1 fully saturated rings. The van der Waals surface area contributed by atoms with E-state index in [9.17, 15) is 17.6 Å². The fourth-order valence-corrected chi connectivity index (χ4v) is 5.81. The van der Waals surface area contributed by atoms with Crippen LogP contribution < -0.4 is 20.1 Å². The minimum atomic E-state index is -3.33. The summed E-state index contributed by atoms with van der Waals surface area (Å²) in [5.41, 5.74) is 3.30. The predicted molar refractivity (Wildman–Crippen MR) is 179 cm³/mol. The molecule has 1 unspecified atom stereocenters. The fourth-order valence-electron chi connectivity index (χ4n) is 5.24. The van der Waals surface area contributed by atoms with Crippen molar-refractivity contribution < 1.29 is 22.3 Å². The summed E-state index contributed by atoms with van der Waals surface area (Å²) in [6.07, 6.45) is 3.51. The summed E-state index contributed by atoms with van der Waals surface area (Å²) < 4.78 is 44.5. The lowest BCUT2D eigenvalue weighted by molar-refractivity contribution is -0.118. The highest BCUT2D eigenvalue weighted by Crippen LogP contribution is 2.25. The summed E-state index contributed by atoms with van der Waals surface area (Å²) in [6, 6.07) is 30.3. The van der Waals surface area contributed by atoms with Crippen LogP contribution in [0.15, 0.2) is 103 Å². The zero-order valence-corrected chi connectivity index (χ0v) is 26.6. The third-order valence-electron chi connectivity index (χ3n) is 7.46. The zero-order chi connectivity index (χ0) is 30.9. The maximum Gasteiger partial charge on any atom is 0.241 e. The van der Waals surface area contributed by atoms with Crippen molar-refractivity contribution in [2.24, 2.45) is 0 Å². The smallest absolute Gasteiger partial charge is 0.241 e. The molecule has 11 heteroatoms. The van der Waals surface area contributed by atoms with Crippen molar-refractivity contribution in [2.75, 3.05) is 29.4 Å². The summed E-state index contributed by atoms with van der Waals surface area (Å²) in [5, 5.41) is 6.54. The SMILES string of the molecule is CS(=O)(=O)Nc1ccc(Oc2ccc(CN3CCC(NC(Cc4ccccc4)C(=O)Nc4ccc(F)cc4)CC3)cc2)cc1.Cl. The Morgan fingerprint density at radius 3 is 2.02 bits per heavy atom. The minimum Gasteiger partial charge on any atom is -0.457 e. The molecule has 238 valence electrons. The van der Waals surface area contributed by atoms with Gasteiger partial charge in [-0.05, 0) is 104 Å². The molecule has 0 bridgehead atoms. The van der Waals surface area contributed by atoms with Gasteiger partial charge in [-0.3, -0.25) is 14.4 Å². The third kappa shape index (κ3) is 10.9. The maximum atomic E-state index is 13.3. The first-order chi connectivity index (χ1) is 21.2.